The molecule has 0 spiro atoms. The number of aromatic nitrogens is 1. The van der Waals surface area contributed by atoms with E-state index in [2.05, 4.69) is 4.98 Å². The highest BCUT2D eigenvalue weighted by molar-refractivity contribution is 7.89. The summed E-state index contributed by atoms with van der Waals surface area (Å²) in [5.41, 5.74) is 5.60. The first-order valence-corrected chi connectivity index (χ1v) is 8.09. The van der Waals surface area contributed by atoms with E-state index >= 15 is 0 Å². The average molecular weight is 315 g/mol. The molecule has 2 heterocycles. The molecule has 0 unspecified atom stereocenters. The molecule has 1 saturated heterocycles. The topological polar surface area (TPSA) is 85.5 Å². The molecule has 2 rings (SSSR count). The first kappa shape index (κ1) is 15.9. The maximum Gasteiger partial charge on any atom is 0.244 e. The second-order valence-electron chi connectivity index (χ2n) is 4.70. The van der Waals surface area contributed by atoms with Crippen molar-refractivity contribution in [2.75, 3.05) is 26.2 Å². The molecule has 2 N–H and O–H groups in total. The van der Waals surface area contributed by atoms with Crippen LogP contribution in [-0.4, -0.2) is 43.9 Å². The zero-order chi connectivity index (χ0) is 15.3. The van der Waals surface area contributed by atoms with Crippen molar-refractivity contribution in [3.63, 3.8) is 0 Å². The zero-order valence-corrected chi connectivity index (χ0v) is 12.4. The van der Waals surface area contributed by atoms with E-state index < -0.39 is 10.0 Å². The molecule has 116 valence electrons. The van der Waals surface area contributed by atoms with Crippen LogP contribution >= 0.6 is 0 Å². The van der Waals surface area contributed by atoms with Crippen LogP contribution in [0, 0.1) is 0 Å². The Bertz CT molecular complexity index is 596. The van der Waals surface area contributed by atoms with E-state index in [9.17, 15) is 12.8 Å². The van der Waals surface area contributed by atoms with E-state index in [1.54, 1.807) is 0 Å². The summed E-state index contributed by atoms with van der Waals surface area (Å²) in [6.45, 7) is 1.12. The van der Waals surface area contributed by atoms with E-state index in [4.69, 9.17) is 10.5 Å². The Balaban J connectivity index is 2.05. The van der Waals surface area contributed by atoms with Crippen LogP contribution in [0.1, 0.15) is 12.8 Å². The molecule has 0 bridgehead atoms. The van der Waals surface area contributed by atoms with Gasteiger partial charge in [0.25, 0.3) is 0 Å². The van der Waals surface area contributed by atoms with Gasteiger partial charge in [0, 0.05) is 31.3 Å². The number of halogens is 1. The third kappa shape index (κ3) is 3.78. The summed E-state index contributed by atoms with van der Waals surface area (Å²) >= 11 is 0. The number of rotatable bonds is 6. The van der Waals surface area contributed by atoms with Gasteiger partial charge in [0.15, 0.2) is 0 Å². The van der Waals surface area contributed by atoms with Gasteiger partial charge < -0.3 is 10.5 Å². The molecule has 0 atom stereocenters. The lowest BCUT2D eigenvalue weighted by molar-refractivity contribution is 0.333. The first-order valence-electron chi connectivity index (χ1n) is 6.65. The largest absolute Gasteiger partial charge is 0.473 e. The number of hydrogen-bond donors (Lipinski definition) is 1. The Hall–Kier alpha value is -1.51. The minimum Gasteiger partial charge on any atom is -0.473 e. The standard InChI is InChI=1S/C13H18FN3O3S/c14-7-11(8-15)10-20-13-4-3-12(9-16-13)21(18,19)17-5-1-2-6-17/h3-4,7,9H,1-2,5-6,8,10,15H2. The molecule has 0 radical (unpaired) electrons. The molecule has 1 aliphatic rings. The fourth-order valence-electron chi connectivity index (χ4n) is 1.98. The quantitative estimate of drug-likeness (QED) is 0.848. The highest BCUT2D eigenvalue weighted by Gasteiger charge is 2.27. The third-order valence-electron chi connectivity index (χ3n) is 3.23. The lowest BCUT2D eigenvalue weighted by atomic mass is 10.3. The van der Waals surface area contributed by atoms with Crippen molar-refractivity contribution < 1.29 is 17.5 Å². The van der Waals surface area contributed by atoms with Crippen LogP contribution in [-0.2, 0) is 10.0 Å². The van der Waals surface area contributed by atoms with Crippen molar-refractivity contribution in [2.24, 2.45) is 5.73 Å². The molecule has 1 aliphatic heterocycles. The minimum absolute atomic E-state index is 0.0157. The van der Waals surface area contributed by atoms with E-state index in [-0.39, 0.29) is 23.9 Å². The fraction of sp³-hybridized carbons (Fsp3) is 0.462. The van der Waals surface area contributed by atoms with E-state index in [0.717, 1.165) is 12.8 Å². The summed E-state index contributed by atoms with van der Waals surface area (Å²) in [4.78, 5) is 4.07. The summed E-state index contributed by atoms with van der Waals surface area (Å²) in [5.74, 6) is 0.225. The fourth-order valence-corrected chi connectivity index (χ4v) is 3.45. The van der Waals surface area contributed by atoms with E-state index in [1.807, 2.05) is 0 Å². The molecule has 1 aromatic heterocycles. The second-order valence-corrected chi connectivity index (χ2v) is 6.64. The van der Waals surface area contributed by atoms with Gasteiger partial charge in [-0.15, -0.1) is 0 Å². The smallest absolute Gasteiger partial charge is 0.244 e. The molecule has 6 nitrogen and oxygen atoms in total. The minimum atomic E-state index is -3.47. The predicted molar refractivity (Wildman–Crippen MR) is 76.0 cm³/mol. The van der Waals surface area contributed by atoms with Crippen molar-refractivity contribution in [1.82, 2.24) is 9.29 Å². The molecule has 8 heteroatoms. The average Bonchev–Trinajstić information content (AvgIpc) is 3.04. The Kier molecular flexibility index (Phi) is 5.27. The summed E-state index contributed by atoms with van der Waals surface area (Å²) in [5, 5.41) is 0. The van der Waals surface area contributed by atoms with Crippen molar-refractivity contribution in [1.29, 1.82) is 0 Å². The highest BCUT2D eigenvalue weighted by Crippen LogP contribution is 2.21. The van der Waals surface area contributed by atoms with Gasteiger partial charge in [-0.3, -0.25) is 0 Å². The molecule has 0 amide bonds. The Morgan fingerprint density at radius 3 is 2.67 bits per heavy atom. The van der Waals surface area contributed by atoms with Crippen molar-refractivity contribution in [3.05, 3.63) is 30.2 Å². The van der Waals surface area contributed by atoms with Crippen LogP contribution in [0.25, 0.3) is 0 Å². The van der Waals surface area contributed by atoms with Crippen molar-refractivity contribution >= 4 is 10.0 Å². The third-order valence-corrected chi connectivity index (χ3v) is 5.12. The molecule has 0 aromatic carbocycles. The van der Waals surface area contributed by atoms with Gasteiger partial charge in [-0.25, -0.2) is 17.8 Å². The van der Waals surface area contributed by atoms with Gasteiger partial charge >= 0.3 is 0 Å². The summed E-state index contributed by atoms with van der Waals surface area (Å²) in [7, 11) is -3.47. The van der Waals surface area contributed by atoms with Crippen molar-refractivity contribution in [3.8, 4) is 5.88 Å². The SMILES string of the molecule is NCC(=CF)COc1ccc(S(=O)(=O)N2CCCC2)cn1. The van der Waals surface area contributed by atoms with Gasteiger partial charge in [-0.05, 0) is 18.9 Å². The monoisotopic (exact) mass is 315 g/mol. The number of nitrogens with zero attached hydrogens (tertiary/aromatic N) is 2. The van der Waals surface area contributed by atoms with Gasteiger partial charge in [-0.1, -0.05) is 0 Å². The van der Waals surface area contributed by atoms with Crippen LogP contribution in [0.2, 0.25) is 0 Å². The van der Waals surface area contributed by atoms with Gasteiger partial charge in [0.2, 0.25) is 15.9 Å². The number of sulfonamides is 1. The van der Waals surface area contributed by atoms with Crippen LogP contribution in [0.15, 0.2) is 35.1 Å². The summed E-state index contributed by atoms with van der Waals surface area (Å²) < 4.78 is 43.6. The molecule has 0 aliphatic carbocycles. The lowest BCUT2D eigenvalue weighted by Crippen LogP contribution is -2.27. The molecular formula is C13H18FN3O3S. The second kappa shape index (κ2) is 6.97. The highest BCUT2D eigenvalue weighted by atomic mass is 32.2. The van der Waals surface area contributed by atoms with Crippen molar-refractivity contribution in [2.45, 2.75) is 17.7 Å². The Morgan fingerprint density at radius 2 is 2.14 bits per heavy atom. The summed E-state index contributed by atoms with van der Waals surface area (Å²) in [6, 6.07) is 2.90. The van der Waals surface area contributed by atoms with Crippen LogP contribution in [0.4, 0.5) is 4.39 Å². The number of pyridine rings is 1. The predicted octanol–water partition coefficient (Wildman–Crippen LogP) is 1.06. The lowest BCUT2D eigenvalue weighted by Gasteiger charge is -2.15. The normalized spacial score (nSPS) is 17.1. The molecular weight excluding hydrogens is 297 g/mol. The van der Waals surface area contributed by atoms with Crippen LogP contribution in [0.3, 0.4) is 0 Å². The number of nitrogens with two attached hydrogens (primary N) is 1. The maximum atomic E-state index is 12.3. The summed E-state index contributed by atoms with van der Waals surface area (Å²) in [6.07, 6.45) is 3.41. The number of ether oxygens (including phenoxy) is 1. The molecule has 1 aromatic rings. The van der Waals surface area contributed by atoms with E-state index in [0.29, 0.717) is 25.0 Å². The van der Waals surface area contributed by atoms with Crippen LogP contribution in [0.5, 0.6) is 5.88 Å². The van der Waals surface area contributed by atoms with E-state index in [1.165, 1.54) is 22.6 Å². The van der Waals surface area contributed by atoms with Crippen LogP contribution < -0.4 is 10.5 Å². The molecule has 1 fully saturated rings. The maximum absolute atomic E-state index is 12.3. The van der Waals surface area contributed by atoms with Gasteiger partial charge in [0.1, 0.15) is 11.5 Å². The Labute approximate surface area is 123 Å². The van der Waals surface area contributed by atoms with Gasteiger partial charge in [-0.2, -0.15) is 4.31 Å². The number of hydrogen-bond acceptors (Lipinski definition) is 5. The first-order chi connectivity index (χ1) is 10.1. The zero-order valence-electron chi connectivity index (χ0n) is 11.5. The molecule has 21 heavy (non-hydrogen) atoms. The van der Waals surface area contributed by atoms with Gasteiger partial charge in [0.05, 0.1) is 12.5 Å². The molecule has 0 saturated carbocycles. The Morgan fingerprint density at radius 1 is 1.43 bits per heavy atom.